The van der Waals surface area contributed by atoms with Crippen LogP contribution in [0.1, 0.15) is 47.8 Å². The molecule has 0 saturated heterocycles. The van der Waals surface area contributed by atoms with Crippen LogP contribution in [0.15, 0.2) is 23.1 Å². The number of halogens is 1. The first-order valence-electron chi connectivity index (χ1n) is 8.45. The Hall–Kier alpha value is -2.18. The average Bonchev–Trinajstić information content (AvgIpc) is 2.58. The summed E-state index contributed by atoms with van der Waals surface area (Å²) in [7, 11) is 1.60. The molecule has 2 rings (SSSR count). The SMILES string of the molecule is CCC(COC)n1cc(Cl)nc(Nc2c(C)cc(C(C)=O)cc2C)c1=O. The molecular weight excluding hydrogens is 354 g/mol. The third-order valence-corrected chi connectivity index (χ3v) is 4.49. The van der Waals surface area contributed by atoms with Gasteiger partial charge in [-0.25, -0.2) is 4.98 Å². The summed E-state index contributed by atoms with van der Waals surface area (Å²) < 4.78 is 6.75. The van der Waals surface area contributed by atoms with E-state index in [1.807, 2.05) is 20.8 Å². The molecule has 0 aliphatic carbocycles. The summed E-state index contributed by atoms with van der Waals surface area (Å²) in [4.78, 5) is 28.6. The molecule has 0 radical (unpaired) electrons. The molecule has 1 atom stereocenters. The number of ketones is 1. The molecule has 0 saturated carbocycles. The average molecular weight is 378 g/mol. The molecule has 1 heterocycles. The van der Waals surface area contributed by atoms with Gasteiger partial charge in [0.15, 0.2) is 11.6 Å². The van der Waals surface area contributed by atoms with E-state index in [9.17, 15) is 9.59 Å². The van der Waals surface area contributed by atoms with Crippen LogP contribution in [0, 0.1) is 13.8 Å². The highest BCUT2D eigenvalue weighted by atomic mass is 35.5. The summed E-state index contributed by atoms with van der Waals surface area (Å²) in [6.07, 6.45) is 2.25. The topological polar surface area (TPSA) is 73.2 Å². The number of anilines is 2. The van der Waals surface area contributed by atoms with Gasteiger partial charge in [-0.1, -0.05) is 18.5 Å². The molecule has 140 valence electrons. The number of methoxy groups -OCH3 is 1. The van der Waals surface area contributed by atoms with Gasteiger partial charge in [-0.05, 0) is 50.5 Å². The summed E-state index contributed by atoms with van der Waals surface area (Å²) in [5.41, 5.74) is 2.81. The predicted octanol–water partition coefficient (Wildman–Crippen LogP) is 4.06. The van der Waals surface area contributed by atoms with E-state index in [1.54, 1.807) is 23.8 Å². The Balaban J connectivity index is 2.50. The Morgan fingerprint density at radius 1 is 1.35 bits per heavy atom. The normalized spacial score (nSPS) is 12.1. The molecule has 1 aromatic heterocycles. The van der Waals surface area contributed by atoms with Crippen molar-refractivity contribution in [1.29, 1.82) is 0 Å². The van der Waals surface area contributed by atoms with Crippen LogP contribution >= 0.6 is 11.6 Å². The van der Waals surface area contributed by atoms with Gasteiger partial charge >= 0.3 is 0 Å². The minimum absolute atomic E-state index is 0.00339. The number of aryl methyl sites for hydroxylation is 2. The first kappa shape index (κ1) is 20.1. The number of ether oxygens (including phenoxy) is 1. The van der Waals surface area contributed by atoms with Crippen LogP contribution in [0.4, 0.5) is 11.5 Å². The molecule has 1 N–H and O–H groups in total. The standard InChI is InChI=1S/C19H24ClN3O3/c1-6-15(10-26-5)23-9-16(20)21-18(19(23)25)22-17-11(2)7-14(13(4)24)8-12(17)3/h7-9,15H,6,10H2,1-5H3,(H,21,22). The van der Waals surface area contributed by atoms with Crippen molar-refractivity contribution >= 4 is 28.9 Å². The van der Waals surface area contributed by atoms with Crippen molar-refractivity contribution in [2.24, 2.45) is 0 Å². The molecule has 1 aromatic carbocycles. The van der Waals surface area contributed by atoms with E-state index >= 15 is 0 Å². The molecule has 0 aliphatic heterocycles. The number of benzene rings is 1. The van der Waals surface area contributed by atoms with Crippen LogP contribution in [0.3, 0.4) is 0 Å². The maximum atomic E-state index is 12.9. The van der Waals surface area contributed by atoms with Crippen LogP contribution < -0.4 is 10.9 Å². The number of hydrogen-bond acceptors (Lipinski definition) is 5. The highest BCUT2D eigenvalue weighted by Gasteiger charge is 2.17. The zero-order valence-corrected chi connectivity index (χ0v) is 16.5. The van der Waals surface area contributed by atoms with E-state index in [-0.39, 0.29) is 28.4 Å². The van der Waals surface area contributed by atoms with Crippen molar-refractivity contribution in [2.75, 3.05) is 19.0 Å². The molecule has 7 heteroatoms. The van der Waals surface area contributed by atoms with Gasteiger partial charge in [0.1, 0.15) is 5.15 Å². The molecule has 2 aromatic rings. The Bertz CT molecular complexity index is 854. The van der Waals surface area contributed by atoms with Crippen LogP contribution in [0.2, 0.25) is 5.15 Å². The first-order chi connectivity index (χ1) is 12.3. The lowest BCUT2D eigenvalue weighted by atomic mass is 10.0. The van der Waals surface area contributed by atoms with Crippen molar-refractivity contribution in [3.05, 3.63) is 50.5 Å². The minimum atomic E-state index is -0.271. The van der Waals surface area contributed by atoms with Crippen LogP contribution in [0.5, 0.6) is 0 Å². The van der Waals surface area contributed by atoms with Crippen LogP contribution in [-0.2, 0) is 4.74 Å². The Labute approximate surface area is 158 Å². The minimum Gasteiger partial charge on any atom is -0.383 e. The maximum absolute atomic E-state index is 12.9. The predicted molar refractivity (Wildman–Crippen MR) is 104 cm³/mol. The zero-order chi connectivity index (χ0) is 19.4. The highest BCUT2D eigenvalue weighted by molar-refractivity contribution is 6.29. The lowest BCUT2D eigenvalue weighted by Crippen LogP contribution is -2.29. The van der Waals surface area contributed by atoms with Crippen LogP contribution in [-0.4, -0.2) is 29.1 Å². The van der Waals surface area contributed by atoms with Crippen molar-refractivity contribution in [3.8, 4) is 0 Å². The van der Waals surface area contributed by atoms with Crippen molar-refractivity contribution in [2.45, 2.75) is 40.2 Å². The van der Waals surface area contributed by atoms with Crippen LogP contribution in [0.25, 0.3) is 0 Å². The molecule has 26 heavy (non-hydrogen) atoms. The Morgan fingerprint density at radius 2 is 1.96 bits per heavy atom. The first-order valence-corrected chi connectivity index (χ1v) is 8.83. The second kappa shape index (κ2) is 8.47. The van der Waals surface area contributed by atoms with Crippen molar-refractivity contribution in [1.82, 2.24) is 9.55 Å². The highest BCUT2D eigenvalue weighted by Crippen LogP contribution is 2.25. The molecule has 0 aliphatic rings. The molecular formula is C19H24ClN3O3. The van der Waals surface area contributed by atoms with E-state index in [0.717, 1.165) is 23.2 Å². The largest absolute Gasteiger partial charge is 0.383 e. The molecule has 1 unspecified atom stereocenters. The maximum Gasteiger partial charge on any atom is 0.294 e. The summed E-state index contributed by atoms with van der Waals surface area (Å²) in [5.74, 6) is 0.144. The van der Waals surface area contributed by atoms with E-state index in [1.165, 1.54) is 13.1 Å². The van der Waals surface area contributed by atoms with E-state index < -0.39 is 0 Å². The fourth-order valence-corrected chi connectivity index (χ4v) is 3.09. The van der Waals surface area contributed by atoms with Gasteiger partial charge in [-0.3, -0.25) is 9.59 Å². The molecule has 0 bridgehead atoms. The Morgan fingerprint density at radius 3 is 2.46 bits per heavy atom. The third-order valence-electron chi connectivity index (χ3n) is 4.31. The number of carbonyl (C=O) groups excluding carboxylic acids is 1. The third kappa shape index (κ3) is 4.31. The molecule has 0 spiro atoms. The lowest BCUT2D eigenvalue weighted by molar-refractivity contribution is 0.101. The van der Waals surface area contributed by atoms with Gasteiger partial charge in [-0.2, -0.15) is 0 Å². The summed E-state index contributed by atoms with van der Waals surface area (Å²) >= 11 is 6.14. The fourth-order valence-electron chi connectivity index (χ4n) is 2.90. The number of nitrogens with zero attached hydrogens (tertiary/aromatic N) is 2. The summed E-state index contributed by atoms with van der Waals surface area (Å²) in [6, 6.07) is 3.46. The molecule has 6 nitrogen and oxygen atoms in total. The summed E-state index contributed by atoms with van der Waals surface area (Å²) in [5, 5.41) is 3.32. The van der Waals surface area contributed by atoms with E-state index in [0.29, 0.717) is 12.2 Å². The van der Waals surface area contributed by atoms with Gasteiger partial charge in [0.2, 0.25) is 0 Å². The van der Waals surface area contributed by atoms with Crippen molar-refractivity contribution in [3.63, 3.8) is 0 Å². The van der Waals surface area contributed by atoms with E-state index in [2.05, 4.69) is 10.3 Å². The van der Waals surface area contributed by atoms with Gasteiger partial charge in [0, 0.05) is 24.6 Å². The monoisotopic (exact) mass is 377 g/mol. The van der Waals surface area contributed by atoms with E-state index in [4.69, 9.17) is 16.3 Å². The van der Waals surface area contributed by atoms with Gasteiger partial charge < -0.3 is 14.6 Å². The number of carbonyl (C=O) groups is 1. The number of rotatable bonds is 7. The second-order valence-corrected chi connectivity index (χ2v) is 6.70. The number of aromatic nitrogens is 2. The lowest BCUT2D eigenvalue weighted by Gasteiger charge is -2.19. The zero-order valence-electron chi connectivity index (χ0n) is 15.7. The van der Waals surface area contributed by atoms with Crippen molar-refractivity contribution < 1.29 is 9.53 Å². The molecule has 0 amide bonds. The fraction of sp³-hybridized carbons (Fsp3) is 0.421. The summed E-state index contributed by atoms with van der Waals surface area (Å²) in [6.45, 7) is 7.67. The van der Waals surface area contributed by atoms with Gasteiger partial charge in [0.25, 0.3) is 5.56 Å². The van der Waals surface area contributed by atoms with Gasteiger partial charge in [0.05, 0.1) is 12.6 Å². The molecule has 0 fully saturated rings. The Kier molecular flexibility index (Phi) is 6.56. The number of hydrogen-bond donors (Lipinski definition) is 1. The number of Topliss-reactive ketones (excluding diaryl/α,β-unsaturated/α-hetero) is 1. The van der Waals surface area contributed by atoms with Gasteiger partial charge in [-0.15, -0.1) is 0 Å². The second-order valence-electron chi connectivity index (χ2n) is 6.31. The quantitative estimate of drug-likeness (QED) is 0.736. The smallest absolute Gasteiger partial charge is 0.294 e. The number of nitrogens with one attached hydrogen (secondary N) is 1.